The molecule has 3 N–H and O–H groups in total. The molecule has 0 aromatic rings. The summed E-state index contributed by atoms with van der Waals surface area (Å²) in [6.45, 7) is 0. The summed E-state index contributed by atoms with van der Waals surface area (Å²) < 4.78 is 40.5. The molecule has 0 atom stereocenters. The zero-order valence-corrected chi connectivity index (χ0v) is 10.8. The maximum absolute atomic E-state index is 9.75. The predicted molar refractivity (Wildman–Crippen MR) is 42.0 cm³/mol. The van der Waals surface area contributed by atoms with Gasteiger partial charge in [0.15, 0.2) is 0 Å². The van der Waals surface area contributed by atoms with Crippen LogP contribution in [0.2, 0.25) is 0 Å². The second-order valence-electron chi connectivity index (χ2n) is 1.27. The van der Waals surface area contributed by atoms with Crippen molar-refractivity contribution in [2.24, 2.45) is 0 Å². The summed E-state index contributed by atoms with van der Waals surface area (Å²) in [5.74, 6) is 0. The highest BCUT2D eigenvalue weighted by Gasteiger charge is 2.00. The van der Waals surface area contributed by atoms with E-state index in [1.807, 2.05) is 0 Å². The van der Waals surface area contributed by atoms with E-state index in [1.54, 1.807) is 0 Å². The van der Waals surface area contributed by atoms with Crippen molar-refractivity contribution < 1.29 is 31.1 Å². The molecule has 0 aliphatic carbocycles. The Balaban J connectivity index is 0. The Kier molecular flexibility index (Phi) is 8.13. The predicted octanol–water partition coefficient (Wildman–Crippen LogP) is -4.44. The second kappa shape index (κ2) is 6.62. The number of hydrogen-bond acceptors (Lipinski definition) is 4. The molecule has 11 heteroatoms. The Morgan fingerprint density at radius 2 is 1.73 bits per heavy atom. The van der Waals surface area contributed by atoms with Gasteiger partial charge in [-0.25, -0.2) is 8.42 Å². The topological polar surface area (TPSA) is 121 Å². The van der Waals surface area contributed by atoms with Crippen LogP contribution in [0.5, 0.6) is 0 Å². The Bertz CT molecular complexity index is 188. The first-order chi connectivity index (χ1) is 4.79. The van der Waals surface area contributed by atoms with Crippen LogP contribution < -0.4 is 0 Å². The standard InChI is InChI=1S/H6O4SSi2.H2O3Si/c1-5(2,3)7-4-6;1-4(2)3/h7H2,6H3,(H,1,2,3);1-2H. The first kappa shape index (κ1) is 13.5. The van der Waals surface area contributed by atoms with Crippen molar-refractivity contribution in [3.8, 4) is 0 Å². The Labute approximate surface area is 69.8 Å². The normalized spacial score (nSPS) is 11.0. The Morgan fingerprint density at radius 3 is 1.73 bits per heavy atom. The molecule has 0 spiro atoms. The lowest BCUT2D eigenvalue weighted by Gasteiger charge is -1.88. The molecule has 0 aromatic carbocycles. The third-order valence-electron chi connectivity index (χ3n) is 0.267. The largest absolute Gasteiger partial charge is 0.761 e. The van der Waals surface area contributed by atoms with Crippen LogP contribution >= 0.6 is 0 Å². The summed E-state index contributed by atoms with van der Waals surface area (Å²) in [5.41, 5.74) is 0. The number of hydrogen-bond donors (Lipinski definition) is 3. The summed E-state index contributed by atoms with van der Waals surface area (Å²) in [6.07, 6.45) is 0. The summed E-state index contributed by atoms with van der Waals surface area (Å²) in [7, 11) is -8.11. The maximum atomic E-state index is 9.75. The van der Waals surface area contributed by atoms with E-state index in [9.17, 15) is 8.42 Å². The molecule has 0 rings (SSSR count). The van der Waals surface area contributed by atoms with Crippen LogP contribution in [0.15, 0.2) is 0 Å². The van der Waals surface area contributed by atoms with Gasteiger partial charge in [0.25, 0.3) is 0 Å². The molecule has 0 saturated heterocycles. The van der Waals surface area contributed by atoms with Crippen molar-refractivity contribution in [2.45, 2.75) is 0 Å². The van der Waals surface area contributed by atoms with Gasteiger partial charge >= 0.3 is 18.1 Å². The molecule has 11 heavy (non-hydrogen) atoms. The fourth-order valence-electron chi connectivity index (χ4n) is 0.149. The first-order valence-corrected chi connectivity index (χ1v) is 8.19. The summed E-state index contributed by atoms with van der Waals surface area (Å²) in [5, 5.41) is 0. The van der Waals surface area contributed by atoms with E-state index < -0.39 is 27.7 Å². The van der Waals surface area contributed by atoms with Gasteiger partial charge in [0.05, 0.1) is 0 Å². The summed E-state index contributed by atoms with van der Waals surface area (Å²) in [6, 6.07) is 0. The van der Waals surface area contributed by atoms with Crippen molar-refractivity contribution in [3.63, 3.8) is 0 Å². The van der Waals surface area contributed by atoms with Gasteiger partial charge in [0, 0.05) is 0 Å². The molecule has 0 radical (unpaired) electrons. The van der Waals surface area contributed by atoms with Crippen LogP contribution in [0.4, 0.5) is 0 Å². The van der Waals surface area contributed by atoms with Gasteiger partial charge in [0.2, 0.25) is 9.57 Å². The minimum Gasteiger partial charge on any atom is -0.511 e. The van der Waals surface area contributed by atoms with Crippen LogP contribution in [0, 0.1) is 0 Å². The van der Waals surface area contributed by atoms with Crippen LogP contribution in [-0.4, -0.2) is 51.1 Å². The third kappa shape index (κ3) is 40.5. The molecule has 0 unspecified atom stereocenters. The lowest BCUT2D eigenvalue weighted by Crippen LogP contribution is -2.10. The molecule has 7 nitrogen and oxygen atoms in total. The average Bonchev–Trinajstić information content (AvgIpc) is 1.58. The van der Waals surface area contributed by atoms with E-state index >= 15 is 0 Å². The van der Waals surface area contributed by atoms with Gasteiger partial charge in [-0.15, -0.1) is 0 Å². The van der Waals surface area contributed by atoms with E-state index in [4.69, 9.17) is 18.6 Å². The van der Waals surface area contributed by atoms with Crippen LogP contribution in [-0.2, 0) is 18.1 Å². The highest BCUT2D eigenvalue weighted by Crippen LogP contribution is 1.73. The van der Waals surface area contributed by atoms with Crippen LogP contribution in [0.3, 0.4) is 0 Å². The molecule has 0 aromatic heterocycles. The molecule has 0 bridgehead atoms. The van der Waals surface area contributed by atoms with Crippen LogP contribution in [0.25, 0.3) is 0 Å². The van der Waals surface area contributed by atoms with Gasteiger partial charge in [-0.3, -0.25) is 9.01 Å². The summed E-state index contributed by atoms with van der Waals surface area (Å²) in [4.78, 5) is 14.3. The highest BCUT2D eigenvalue weighted by molar-refractivity contribution is 8.10. The van der Waals surface area contributed by atoms with Gasteiger partial charge < -0.3 is 13.7 Å². The van der Waals surface area contributed by atoms with E-state index in [0.717, 1.165) is 0 Å². The first-order valence-electron chi connectivity index (χ1n) is 2.15. The van der Waals surface area contributed by atoms with E-state index in [0.29, 0.717) is 10.5 Å². The molecular formula is H8O7SSi3. The number of rotatable bonds is 2. The smallest absolute Gasteiger partial charge is 0.511 e. The Morgan fingerprint density at radius 1 is 1.45 bits per heavy atom. The average molecular weight is 236 g/mol. The van der Waals surface area contributed by atoms with E-state index in [-0.39, 0.29) is 0 Å². The van der Waals surface area contributed by atoms with Gasteiger partial charge in [-0.2, -0.15) is 0 Å². The molecule has 0 aliphatic heterocycles. The van der Waals surface area contributed by atoms with Crippen molar-refractivity contribution in [3.05, 3.63) is 0 Å². The van der Waals surface area contributed by atoms with Crippen molar-refractivity contribution in [1.29, 1.82) is 0 Å². The molecule has 0 saturated carbocycles. The van der Waals surface area contributed by atoms with Crippen molar-refractivity contribution in [2.75, 3.05) is 0 Å². The van der Waals surface area contributed by atoms with E-state index in [2.05, 4.69) is 4.12 Å². The molecule has 0 heterocycles. The molecular weight excluding hydrogens is 228 g/mol. The Hall–Kier alpha value is -0.0794. The molecule has 0 fully saturated rings. The van der Waals surface area contributed by atoms with Crippen molar-refractivity contribution in [1.82, 2.24) is 0 Å². The quantitative estimate of drug-likeness (QED) is 0.327. The van der Waals surface area contributed by atoms with Gasteiger partial charge in [0.1, 0.15) is 10.5 Å². The minimum absolute atomic E-state index is 0.392. The molecule has 0 aliphatic rings. The van der Waals surface area contributed by atoms with E-state index in [1.165, 1.54) is 0 Å². The fraction of sp³-hybridized carbons (Fsp3) is 0. The molecule has 0 amide bonds. The second-order valence-corrected chi connectivity index (χ2v) is 8.44. The lowest BCUT2D eigenvalue weighted by molar-refractivity contribution is 0.330. The zero-order chi connectivity index (χ0) is 9.49. The van der Waals surface area contributed by atoms with Gasteiger partial charge in [-0.1, -0.05) is 0 Å². The fourth-order valence-corrected chi connectivity index (χ4v) is 4.02. The highest BCUT2D eigenvalue weighted by atomic mass is 32.4. The third-order valence-corrected chi connectivity index (χ3v) is 4.52. The minimum atomic E-state index is -3.72. The van der Waals surface area contributed by atoms with Crippen LogP contribution in [0.1, 0.15) is 0 Å². The SMILES string of the molecule is O=S(=O)(O)[SiH2]O[SiH3].O=[Si](O)O. The van der Waals surface area contributed by atoms with Gasteiger partial charge in [-0.05, 0) is 0 Å². The van der Waals surface area contributed by atoms with Crippen molar-refractivity contribution >= 4 is 38.1 Å². The monoisotopic (exact) mass is 236 g/mol. The maximum Gasteiger partial charge on any atom is 0.761 e. The summed E-state index contributed by atoms with van der Waals surface area (Å²) >= 11 is 0. The lowest BCUT2D eigenvalue weighted by atomic mass is 15.8. The zero-order valence-electron chi connectivity index (χ0n) is 5.59. The molecule has 68 valence electrons.